The van der Waals surface area contributed by atoms with E-state index in [0.717, 1.165) is 0 Å². The number of nitrogens with zero attached hydrogens (tertiary/aromatic N) is 2. The Morgan fingerprint density at radius 2 is 2.10 bits per heavy atom. The summed E-state index contributed by atoms with van der Waals surface area (Å²) in [5.74, 6) is 0.335. The summed E-state index contributed by atoms with van der Waals surface area (Å²) in [7, 11) is 0. The van der Waals surface area contributed by atoms with E-state index in [9.17, 15) is 14.7 Å². The fourth-order valence-electron chi connectivity index (χ4n) is 2.69. The molecular weight excluding hydrogens is 258 g/mol. The number of fused-ring (bicyclic) bond motifs is 1. The molecule has 1 aliphatic heterocycles. The Morgan fingerprint density at radius 1 is 1.35 bits per heavy atom. The Kier molecular flexibility index (Phi) is 3.02. The summed E-state index contributed by atoms with van der Waals surface area (Å²) in [6, 6.07) is 6.64. The highest BCUT2D eigenvalue weighted by atomic mass is 16.3. The summed E-state index contributed by atoms with van der Waals surface area (Å²) in [6.07, 6.45) is -0.343. The number of piperidine rings is 1. The van der Waals surface area contributed by atoms with Crippen LogP contribution in [0.25, 0.3) is 10.9 Å². The lowest BCUT2D eigenvalue weighted by Crippen LogP contribution is -2.48. The van der Waals surface area contributed by atoms with E-state index in [2.05, 4.69) is 10.3 Å². The number of aliphatic hydroxyl groups is 1. The summed E-state index contributed by atoms with van der Waals surface area (Å²) in [4.78, 5) is 28.2. The van der Waals surface area contributed by atoms with Crippen molar-refractivity contribution in [2.24, 2.45) is 0 Å². The highest BCUT2D eigenvalue weighted by molar-refractivity contribution is 5.78. The third kappa shape index (κ3) is 1.98. The van der Waals surface area contributed by atoms with Crippen LogP contribution in [0, 0.1) is 6.92 Å². The Morgan fingerprint density at radius 3 is 2.85 bits per heavy atom. The largest absolute Gasteiger partial charge is 0.372 e. The van der Waals surface area contributed by atoms with Crippen molar-refractivity contribution in [1.29, 1.82) is 0 Å². The standard InChI is InChI=1S/C14H15N3O3/c1-8-15-10-5-3-2-4-9(10)14(20)17(8)11-6-7-12(18)16-13(11)19/h2-5,11,13,19H,6-7H2,1H3,(H,16,18). The van der Waals surface area contributed by atoms with E-state index < -0.39 is 12.3 Å². The van der Waals surface area contributed by atoms with Gasteiger partial charge in [0.1, 0.15) is 12.1 Å². The Labute approximate surface area is 115 Å². The number of aliphatic hydroxyl groups excluding tert-OH is 1. The van der Waals surface area contributed by atoms with Gasteiger partial charge >= 0.3 is 0 Å². The van der Waals surface area contributed by atoms with Crippen molar-refractivity contribution in [3.8, 4) is 0 Å². The number of carbonyl (C=O) groups is 1. The topological polar surface area (TPSA) is 84.2 Å². The van der Waals surface area contributed by atoms with Crippen LogP contribution in [0.3, 0.4) is 0 Å². The van der Waals surface area contributed by atoms with Gasteiger partial charge in [0.25, 0.3) is 5.56 Å². The molecule has 1 aromatic heterocycles. The van der Waals surface area contributed by atoms with Gasteiger partial charge in [0.15, 0.2) is 0 Å². The molecule has 2 unspecified atom stereocenters. The number of para-hydroxylation sites is 1. The van der Waals surface area contributed by atoms with Gasteiger partial charge in [0.2, 0.25) is 5.91 Å². The second kappa shape index (κ2) is 4.72. The fraction of sp³-hybridized carbons (Fsp3) is 0.357. The molecule has 1 fully saturated rings. The lowest BCUT2D eigenvalue weighted by atomic mass is 10.0. The van der Waals surface area contributed by atoms with Gasteiger partial charge in [-0.25, -0.2) is 4.98 Å². The molecule has 0 saturated carbocycles. The third-order valence-electron chi connectivity index (χ3n) is 3.66. The van der Waals surface area contributed by atoms with Crippen LogP contribution in [0.15, 0.2) is 29.1 Å². The zero-order valence-electron chi connectivity index (χ0n) is 11.0. The zero-order valence-corrected chi connectivity index (χ0v) is 11.0. The minimum atomic E-state index is -1.06. The van der Waals surface area contributed by atoms with Crippen LogP contribution in [0.1, 0.15) is 24.7 Å². The molecule has 1 aliphatic rings. The average Bonchev–Trinajstić information content (AvgIpc) is 2.41. The number of rotatable bonds is 1. The van der Waals surface area contributed by atoms with E-state index in [1.54, 1.807) is 25.1 Å². The number of aromatic nitrogens is 2. The van der Waals surface area contributed by atoms with Crippen molar-refractivity contribution in [2.45, 2.75) is 32.0 Å². The SMILES string of the molecule is Cc1nc2ccccc2c(=O)n1C1CCC(=O)NC1O. The molecule has 0 aliphatic carbocycles. The molecule has 6 heteroatoms. The maximum absolute atomic E-state index is 12.6. The van der Waals surface area contributed by atoms with Crippen LogP contribution < -0.4 is 10.9 Å². The highest BCUT2D eigenvalue weighted by Gasteiger charge is 2.30. The van der Waals surface area contributed by atoms with Gasteiger partial charge in [0, 0.05) is 6.42 Å². The highest BCUT2D eigenvalue weighted by Crippen LogP contribution is 2.22. The second-order valence-electron chi connectivity index (χ2n) is 4.97. The van der Waals surface area contributed by atoms with Crippen molar-refractivity contribution in [2.75, 3.05) is 0 Å². The first-order chi connectivity index (χ1) is 9.58. The van der Waals surface area contributed by atoms with Crippen LogP contribution in [0.2, 0.25) is 0 Å². The van der Waals surface area contributed by atoms with E-state index >= 15 is 0 Å². The maximum Gasteiger partial charge on any atom is 0.261 e. The van der Waals surface area contributed by atoms with Gasteiger partial charge in [-0.15, -0.1) is 0 Å². The lowest BCUT2D eigenvalue weighted by molar-refractivity contribution is -0.128. The second-order valence-corrected chi connectivity index (χ2v) is 4.97. The summed E-state index contributed by atoms with van der Waals surface area (Å²) < 4.78 is 1.48. The van der Waals surface area contributed by atoms with Gasteiger partial charge in [-0.1, -0.05) is 12.1 Å². The van der Waals surface area contributed by atoms with Crippen LogP contribution in [0.4, 0.5) is 0 Å². The molecule has 2 aromatic rings. The smallest absolute Gasteiger partial charge is 0.261 e. The molecule has 1 amide bonds. The summed E-state index contributed by atoms with van der Waals surface area (Å²) >= 11 is 0. The molecule has 1 saturated heterocycles. The molecule has 104 valence electrons. The zero-order chi connectivity index (χ0) is 14.3. The van der Waals surface area contributed by atoms with Crippen LogP contribution in [0.5, 0.6) is 0 Å². The number of amides is 1. The van der Waals surface area contributed by atoms with Gasteiger partial charge in [-0.3, -0.25) is 14.2 Å². The molecule has 6 nitrogen and oxygen atoms in total. The van der Waals surface area contributed by atoms with Crippen LogP contribution in [-0.2, 0) is 4.79 Å². The van der Waals surface area contributed by atoms with Crippen molar-refractivity contribution in [3.63, 3.8) is 0 Å². The van der Waals surface area contributed by atoms with Crippen LogP contribution >= 0.6 is 0 Å². The maximum atomic E-state index is 12.6. The van der Waals surface area contributed by atoms with Crippen LogP contribution in [-0.4, -0.2) is 26.8 Å². The molecule has 0 radical (unpaired) electrons. The molecule has 2 atom stereocenters. The number of nitrogens with one attached hydrogen (secondary N) is 1. The number of hydrogen-bond donors (Lipinski definition) is 2. The molecule has 0 bridgehead atoms. The predicted molar refractivity (Wildman–Crippen MR) is 73.2 cm³/mol. The first kappa shape index (κ1) is 12.8. The van der Waals surface area contributed by atoms with Crippen molar-refractivity contribution in [1.82, 2.24) is 14.9 Å². The molecular formula is C14H15N3O3. The molecule has 0 spiro atoms. The number of aryl methyl sites for hydroxylation is 1. The number of benzene rings is 1. The number of hydrogen-bond acceptors (Lipinski definition) is 4. The van der Waals surface area contributed by atoms with Crippen molar-refractivity contribution < 1.29 is 9.90 Å². The van der Waals surface area contributed by atoms with E-state index in [-0.39, 0.29) is 11.5 Å². The van der Waals surface area contributed by atoms with Gasteiger partial charge in [0.05, 0.1) is 16.9 Å². The summed E-state index contributed by atoms with van der Waals surface area (Å²) in [5.41, 5.74) is 0.453. The minimum Gasteiger partial charge on any atom is -0.372 e. The van der Waals surface area contributed by atoms with E-state index in [1.807, 2.05) is 6.07 Å². The Bertz CT molecular complexity index is 738. The first-order valence-electron chi connectivity index (χ1n) is 6.53. The van der Waals surface area contributed by atoms with Gasteiger partial charge in [-0.2, -0.15) is 0 Å². The third-order valence-corrected chi connectivity index (χ3v) is 3.66. The lowest BCUT2D eigenvalue weighted by Gasteiger charge is -2.30. The predicted octanol–water partition coefficient (Wildman–Crippen LogP) is 0.474. The quantitative estimate of drug-likeness (QED) is 0.791. The van der Waals surface area contributed by atoms with E-state index in [4.69, 9.17) is 0 Å². The molecule has 2 N–H and O–H groups in total. The Hall–Kier alpha value is -2.21. The normalized spacial score (nSPS) is 22.8. The van der Waals surface area contributed by atoms with Gasteiger partial charge in [-0.05, 0) is 25.5 Å². The minimum absolute atomic E-state index is 0.187. The monoisotopic (exact) mass is 273 g/mol. The Balaban J connectivity index is 2.16. The van der Waals surface area contributed by atoms with Gasteiger partial charge < -0.3 is 10.4 Å². The summed E-state index contributed by atoms with van der Waals surface area (Å²) in [6.45, 7) is 1.73. The first-order valence-corrected chi connectivity index (χ1v) is 6.53. The van der Waals surface area contributed by atoms with E-state index in [0.29, 0.717) is 29.6 Å². The molecule has 2 heterocycles. The van der Waals surface area contributed by atoms with E-state index in [1.165, 1.54) is 4.57 Å². The fourth-order valence-corrected chi connectivity index (χ4v) is 2.69. The molecule has 1 aromatic carbocycles. The van der Waals surface area contributed by atoms with Crippen molar-refractivity contribution in [3.05, 3.63) is 40.4 Å². The van der Waals surface area contributed by atoms with Crippen molar-refractivity contribution >= 4 is 16.8 Å². The summed E-state index contributed by atoms with van der Waals surface area (Å²) in [5, 5.41) is 13.0. The molecule has 20 heavy (non-hydrogen) atoms. The average molecular weight is 273 g/mol. The number of carbonyl (C=O) groups excluding carboxylic acids is 1. The molecule has 3 rings (SSSR count).